The lowest BCUT2D eigenvalue weighted by Gasteiger charge is -2.20. The largest absolute Gasteiger partial charge is 0.481 e. The van der Waals surface area contributed by atoms with Crippen molar-refractivity contribution in [2.24, 2.45) is 0 Å². The molecule has 0 unspecified atom stereocenters. The van der Waals surface area contributed by atoms with Gasteiger partial charge in [-0.2, -0.15) is 17.4 Å². The van der Waals surface area contributed by atoms with Gasteiger partial charge in [0.1, 0.15) is 6.04 Å². The Bertz CT molecular complexity index is 429. The van der Waals surface area contributed by atoms with Crippen LogP contribution in [0.1, 0.15) is 32.1 Å². The molecule has 1 atom stereocenters. The van der Waals surface area contributed by atoms with Gasteiger partial charge in [0.25, 0.3) is 10.2 Å². The summed E-state index contributed by atoms with van der Waals surface area (Å²) in [6.07, 6.45) is 1.40. The maximum atomic E-state index is 11.9. The quantitative estimate of drug-likeness (QED) is 0.561. The molecule has 0 aliphatic carbocycles. The number of rotatable bonds is 8. The summed E-state index contributed by atoms with van der Waals surface area (Å²) < 4.78 is 27.1. The van der Waals surface area contributed by atoms with Gasteiger partial charge >= 0.3 is 11.9 Å². The van der Waals surface area contributed by atoms with Crippen LogP contribution in [-0.4, -0.2) is 54.0 Å². The topological polar surface area (TPSA) is 124 Å². The number of aliphatic carboxylic acids is 2. The molecule has 0 radical (unpaired) electrons. The van der Waals surface area contributed by atoms with E-state index in [1.807, 2.05) is 0 Å². The van der Waals surface area contributed by atoms with Crippen molar-refractivity contribution in [2.75, 3.05) is 13.1 Å². The zero-order valence-corrected chi connectivity index (χ0v) is 11.2. The monoisotopic (exact) mass is 294 g/mol. The molecule has 0 amide bonds. The summed E-state index contributed by atoms with van der Waals surface area (Å²) in [4.78, 5) is 21.3. The highest BCUT2D eigenvalue weighted by molar-refractivity contribution is 7.87. The molecule has 0 aromatic carbocycles. The van der Waals surface area contributed by atoms with Crippen molar-refractivity contribution in [1.29, 1.82) is 0 Å². The van der Waals surface area contributed by atoms with Crippen molar-refractivity contribution < 1.29 is 28.2 Å². The van der Waals surface area contributed by atoms with Crippen LogP contribution >= 0.6 is 0 Å². The van der Waals surface area contributed by atoms with E-state index in [0.29, 0.717) is 13.1 Å². The van der Waals surface area contributed by atoms with Crippen molar-refractivity contribution in [1.82, 2.24) is 9.03 Å². The highest BCUT2D eigenvalue weighted by Gasteiger charge is 2.30. The third-order valence-corrected chi connectivity index (χ3v) is 4.51. The Morgan fingerprint density at radius 3 is 2.26 bits per heavy atom. The molecule has 1 rings (SSSR count). The SMILES string of the molecule is O=C(O)CCC[C@@H](NS(=O)(=O)N1CCCC1)C(=O)O. The highest BCUT2D eigenvalue weighted by atomic mass is 32.2. The lowest BCUT2D eigenvalue weighted by atomic mass is 10.1. The van der Waals surface area contributed by atoms with Crippen molar-refractivity contribution in [3.05, 3.63) is 0 Å². The number of carbonyl (C=O) groups is 2. The minimum Gasteiger partial charge on any atom is -0.481 e. The molecule has 0 bridgehead atoms. The van der Waals surface area contributed by atoms with Crippen LogP contribution in [0.15, 0.2) is 0 Å². The molecular formula is C10H18N2O6S. The zero-order chi connectivity index (χ0) is 14.5. The summed E-state index contributed by atoms with van der Waals surface area (Å²) in [7, 11) is -3.80. The smallest absolute Gasteiger partial charge is 0.321 e. The molecule has 1 fully saturated rings. The van der Waals surface area contributed by atoms with Crippen LogP contribution in [0.25, 0.3) is 0 Å². The van der Waals surface area contributed by atoms with Gasteiger partial charge in [0.15, 0.2) is 0 Å². The Morgan fingerprint density at radius 1 is 1.21 bits per heavy atom. The van der Waals surface area contributed by atoms with Crippen molar-refractivity contribution >= 4 is 22.1 Å². The molecule has 0 saturated carbocycles. The number of carboxylic acid groups (broad SMARTS) is 2. The predicted molar refractivity (Wildman–Crippen MR) is 65.8 cm³/mol. The number of nitrogens with zero attached hydrogens (tertiary/aromatic N) is 1. The molecule has 1 aliphatic rings. The molecule has 8 nitrogen and oxygen atoms in total. The summed E-state index contributed by atoms with van der Waals surface area (Å²) in [5.74, 6) is -2.33. The zero-order valence-electron chi connectivity index (χ0n) is 10.4. The second-order valence-corrected chi connectivity index (χ2v) is 6.11. The molecule has 3 N–H and O–H groups in total. The van der Waals surface area contributed by atoms with E-state index in [9.17, 15) is 18.0 Å². The van der Waals surface area contributed by atoms with Crippen LogP contribution < -0.4 is 4.72 Å². The minimum absolute atomic E-state index is 0.0469. The third kappa shape index (κ3) is 5.13. The maximum Gasteiger partial charge on any atom is 0.321 e. The summed E-state index contributed by atoms with van der Waals surface area (Å²) in [6, 6.07) is -1.29. The van der Waals surface area contributed by atoms with Gasteiger partial charge in [-0.25, -0.2) is 0 Å². The fourth-order valence-corrected chi connectivity index (χ4v) is 3.34. The molecule has 9 heteroatoms. The van der Waals surface area contributed by atoms with Gasteiger partial charge in [-0.3, -0.25) is 9.59 Å². The van der Waals surface area contributed by atoms with Crippen LogP contribution in [0.2, 0.25) is 0 Å². The van der Waals surface area contributed by atoms with E-state index in [1.165, 1.54) is 4.31 Å². The Labute approximate surface area is 111 Å². The molecule has 1 saturated heterocycles. The standard InChI is InChI=1S/C10H18N2O6S/c13-9(14)5-3-4-8(10(15)16)11-19(17,18)12-6-1-2-7-12/h8,11H,1-7H2,(H,13,14)(H,15,16)/t8-/m1/s1. The van der Waals surface area contributed by atoms with Crippen LogP contribution in [0.4, 0.5) is 0 Å². The fourth-order valence-electron chi connectivity index (χ4n) is 1.87. The van der Waals surface area contributed by atoms with E-state index < -0.39 is 28.2 Å². The van der Waals surface area contributed by atoms with Crippen LogP contribution in [-0.2, 0) is 19.8 Å². The fraction of sp³-hybridized carbons (Fsp3) is 0.800. The van der Waals surface area contributed by atoms with E-state index in [-0.39, 0.29) is 19.3 Å². The van der Waals surface area contributed by atoms with Gasteiger partial charge in [-0.05, 0) is 25.7 Å². The van der Waals surface area contributed by atoms with Gasteiger partial charge in [-0.1, -0.05) is 0 Å². The van der Waals surface area contributed by atoms with Gasteiger partial charge in [0.2, 0.25) is 0 Å². The minimum atomic E-state index is -3.80. The molecule has 0 spiro atoms. The molecule has 1 heterocycles. The normalized spacial score (nSPS) is 18.3. The predicted octanol–water partition coefficient (Wildman–Crippen LogP) is -0.375. The Morgan fingerprint density at radius 2 is 1.79 bits per heavy atom. The first-order chi connectivity index (χ1) is 8.83. The number of carboxylic acids is 2. The van der Waals surface area contributed by atoms with Crippen molar-refractivity contribution in [3.8, 4) is 0 Å². The molecular weight excluding hydrogens is 276 g/mol. The molecule has 1 aliphatic heterocycles. The lowest BCUT2D eigenvalue weighted by Crippen LogP contribution is -2.47. The first-order valence-corrected chi connectivity index (χ1v) is 7.49. The molecule has 0 aromatic rings. The number of nitrogens with one attached hydrogen (secondary N) is 1. The number of hydrogen-bond donors (Lipinski definition) is 3. The van der Waals surface area contributed by atoms with Gasteiger partial charge in [-0.15, -0.1) is 0 Å². The Balaban J connectivity index is 2.57. The van der Waals surface area contributed by atoms with Gasteiger partial charge in [0, 0.05) is 19.5 Å². The van der Waals surface area contributed by atoms with Crippen LogP contribution in [0, 0.1) is 0 Å². The second-order valence-electron chi connectivity index (χ2n) is 4.41. The van der Waals surface area contributed by atoms with E-state index in [1.54, 1.807) is 0 Å². The maximum absolute atomic E-state index is 11.9. The number of hydrogen-bond acceptors (Lipinski definition) is 4. The summed E-state index contributed by atoms with van der Waals surface area (Å²) >= 11 is 0. The van der Waals surface area contributed by atoms with Gasteiger partial charge < -0.3 is 10.2 Å². The highest BCUT2D eigenvalue weighted by Crippen LogP contribution is 2.13. The van der Waals surface area contributed by atoms with E-state index in [2.05, 4.69) is 4.72 Å². The lowest BCUT2D eigenvalue weighted by molar-refractivity contribution is -0.140. The molecule has 0 aromatic heterocycles. The molecule has 110 valence electrons. The van der Waals surface area contributed by atoms with Crippen molar-refractivity contribution in [2.45, 2.75) is 38.1 Å². The first-order valence-electron chi connectivity index (χ1n) is 6.05. The summed E-state index contributed by atoms with van der Waals surface area (Å²) in [6.45, 7) is 0.771. The average Bonchev–Trinajstić information content (AvgIpc) is 2.80. The molecule has 19 heavy (non-hydrogen) atoms. The van der Waals surface area contributed by atoms with E-state index in [4.69, 9.17) is 10.2 Å². The first kappa shape index (κ1) is 15.9. The van der Waals surface area contributed by atoms with Gasteiger partial charge in [0.05, 0.1) is 0 Å². The van der Waals surface area contributed by atoms with E-state index in [0.717, 1.165) is 12.8 Å². The summed E-state index contributed by atoms with van der Waals surface area (Å²) in [5, 5.41) is 17.4. The third-order valence-electron chi connectivity index (χ3n) is 2.88. The second kappa shape index (κ2) is 6.83. The Kier molecular flexibility index (Phi) is 5.70. The summed E-state index contributed by atoms with van der Waals surface area (Å²) in [5.41, 5.74) is 0. The van der Waals surface area contributed by atoms with Crippen LogP contribution in [0.5, 0.6) is 0 Å². The van der Waals surface area contributed by atoms with Crippen LogP contribution in [0.3, 0.4) is 0 Å². The van der Waals surface area contributed by atoms with E-state index >= 15 is 0 Å². The Hall–Kier alpha value is -1.19. The average molecular weight is 294 g/mol. The van der Waals surface area contributed by atoms with Crippen molar-refractivity contribution in [3.63, 3.8) is 0 Å².